The number of ketones is 1. The van der Waals surface area contributed by atoms with Crippen molar-refractivity contribution in [3.63, 3.8) is 0 Å². The third kappa shape index (κ3) is 5.78. The van der Waals surface area contributed by atoms with Crippen LogP contribution in [0.15, 0.2) is 42.5 Å². The van der Waals surface area contributed by atoms with Gasteiger partial charge in [0.25, 0.3) is 0 Å². The van der Waals surface area contributed by atoms with Gasteiger partial charge in [-0.25, -0.2) is 9.59 Å². The van der Waals surface area contributed by atoms with E-state index in [9.17, 15) is 14.4 Å². The van der Waals surface area contributed by atoms with E-state index in [-0.39, 0.29) is 24.4 Å². The van der Waals surface area contributed by atoms with Gasteiger partial charge in [0, 0.05) is 6.42 Å². The SMILES string of the molecule is C=C(CC(NC(=O)OCc1ccccc1)C(=O)OC)C(C)=O. The summed E-state index contributed by atoms with van der Waals surface area (Å²) in [7, 11) is 1.20. The molecular weight excluding hydrogens is 286 g/mol. The summed E-state index contributed by atoms with van der Waals surface area (Å²) in [6.07, 6.45) is -0.793. The number of benzene rings is 1. The predicted octanol–water partition coefficient (Wildman–Crippen LogP) is 1.99. The minimum atomic E-state index is -1.01. The van der Waals surface area contributed by atoms with Crippen LogP contribution in [-0.4, -0.2) is 31.0 Å². The molecule has 0 spiro atoms. The van der Waals surface area contributed by atoms with Gasteiger partial charge in [0.15, 0.2) is 5.78 Å². The molecule has 0 aliphatic carbocycles. The first-order chi connectivity index (χ1) is 10.4. The summed E-state index contributed by atoms with van der Waals surface area (Å²) in [5.74, 6) is -0.924. The van der Waals surface area contributed by atoms with Crippen molar-refractivity contribution in [2.24, 2.45) is 0 Å². The number of rotatable bonds is 7. The number of hydrogen-bond acceptors (Lipinski definition) is 5. The fourth-order valence-electron chi connectivity index (χ4n) is 1.63. The number of amides is 1. The van der Waals surface area contributed by atoms with Crippen molar-refractivity contribution in [3.05, 3.63) is 48.0 Å². The van der Waals surface area contributed by atoms with Gasteiger partial charge in [-0.1, -0.05) is 36.9 Å². The van der Waals surface area contributed by atoms with Gasteiger partial charge in [0.2, 0.25) is 0 Å². The number of Topliss-reactive ketones (excluding diaryl/α,β-unsaturated/α-hetero) is 1. The molecule has 0 bridgehead atoms. The lowest BCUT2D eigenvalue weighted by Crippen LogP contribution is -2.42. The Morgan fingerprint density at radius 2 is 1.86 bits per heavy atom. The van der Waals surface area contributed by atoms with Crippen LogP contribution in [0.1, 0.15) is 18.9 Å². The minimum absolute atomic E-state index is 0.0254. The second-order valence-corrected chi connectivity index (χ2v) is 4.65. The van der Waals surface area contributed by atoms with Crippen LogP contribution in [0.5, 0.6) is 0 Å². The summed E-state index contributed by atoms with van der Waals surface area (Å²) in [5, 5.41) is 2.37. The van der Waals surface area contributed by atoms with Crippen LogP contribution in [0.4, 0.5) is 4.79 Å². The molecule has 22 heavy (non-hydrogen) atoms. The van der Waals surface area contributed by atoms with Crippen molar-refractivity contribution in [1.82, 2.24) is 5.32 Å². The molecule has 1 aromatic rings. The number of carbonyl (C=O) groups excluding carboxylic acids is 3. The van der Waals surface area contributed by atoms with Crippen LogP contribution >= 0.6 is 0 Å². The van der Waals surface area contributed by atoms with E-state index in [4.69, 9.17) is 4.74 Å². The molecule has 0 aliphatic heterocycles. The lowest BCUT2D eigenvalue weighted by Gasteiger charge is -2.16. The average molecular weight is 305 g/mol. The Morgan fingerprint density at radius 3 is 2.41 bits per heavy atom. The van der Waals surface area contributed by atoms with E-state index in [0.29, 0.717) is 0 Å². The van der Waals surface area contributed by atoms with Crippen molar-refractivity contribution in [1.29, 1.82) is 0 Å². The molecule has 1 rings (SSSR count). The van der Waals surface area contributed by atoms with E-state index in [0.717, 1.165) is 5.56 Å². The van der Waals surface area contributed by atoms with Crippen molar-refractivity contribution in [2.75, 3.05) is 7.11 Å². The Balaban J connectivity index is 2.57. The summed E-state index contributed by atoms with van der Waals surface area (Å²) in [6.45, 7) is 4.98. The largest absolute Gasteiger partial charge is 0.467 e. The average Bonchev–Trinajstić information content (AvgIpc) is 2.52. The molecule has 0 fully saturated rings. The van der Waals surface area contributed by atoms with E-state index in [1.165, 1.54) is 14.0 Å². The highest BCUT2D eigenvalue weighted by molar-refractivity contribution is 5.94. The zero-order valence-electron chi connectivity index (χ0n) is 12.6. The molecule has 1 unspecified atom stereocenters. The molecule has 1 atom stereocenters. The van der Waals surface area contributed by atoms with E-state index in [1.807, 2.05) is 30.3 Å². The van der Waals surface area contributed by atoms with Crippen molar-refractivity contribution in [3.8, 4) is 0 Å². The molecule has 1 amide bonds. The maximum absolute atomic E-state index is 11.7. The number of nitrogens with one attached hydrogen (secondary N) is 1. The Labute approximate surface area is 129 Å². The molecule has 118 valence electrons. The molecule has 6 nitrogen and oxygen atoms in total. The first-order valence-electron chi connectivity index (χ1n) is 6.67. The van der Waals surface area contributed by atoms with Gasteiger partial charge >= 0.3 is 12.1 Å². The van der Waals surface area contributed by atoms with Crippen molar-refractivity contribution < 1.29 is 23.9 Å². The summed E-state index contributed by atoms with van der Waals surface area (Å²) in [6, 6.07) is 8.11. The summed E-state index contributed by atoms with van der Waals surface area (Å²) < 4.78 is 9.62. The van der Waals surface area contributed by atoms with E-state index >= 15 is 0 Å². The Hall–Kier alpha value is -2.63. The third-order valence-corrected chi connectivity index (χ3v) is 2.94. The molecule has 0 saturated carbocycles. The molecular formula is C16H19NO5. The topological polar surface area (TPSA) is 81.7 Å². The minimum Gasteiger partial charge on any atom is -0.467 e. The monoisotopic (exact) mass is 305 g/mol. The van der Waals surface area contributed by atoms with Crippen LogP contribution in [0, 0.1) is 0 Å². The highest BCUT2D eigenvalue weighted by Crippen LogP contribution is 2.07. The van der Waals surface area contributed by atoms with Gasteiger partial charge in [-0.3, -0.25) is 4.79 Å². The van der Waals surface area contributed by atoms with E-state index < -0.39 is 18.1 Å². The van der Waals surface area contributed by atoms with Gasteiger partial charge in [-0.2, -0.15) is 0 Å². The summed E-state index contributed by atoms with van der Waals surface area (Å²) >= 11 is 0. The van der Waals surface area contributed by atoms with Gasteiger partial charge in [-0.05, 0) is 18.1 Å². The van der Waals surface area contributed by atoms with Crippen molar-refractivity contribution in [2.45, 2.75) is 26.0 Å². The molecule has 1 N–H and O–H groups in total. The fourth-order valence-corrected chi connectivity index (χ4v) is 1.63. The second-order valence-electron chi connectivity index (χ2n) is 4.65. The predicted molar refractivity (Wildman–Crippen MR) is 80.0 cm³/mol. The summed E-state index contributed by atoms with van der Waals surface area (Å²) in [5.41, 5.74) is 1.04. The first-order valence-corrected chi connectivity index (χ1v) is 6.67. The highest BCUT2D eigenvalue weighted by atomic mass is 16.6. The number of esters is 1. The van der Waals surface area contributed by atoms with Gasteiger partial charge < -0.3 is 14.8 Å². The molecule has 1 aromatic carbocycles. The lowest BCUT2D eigenvalue weighted by atomic mass is 10.1. The summed E-state index contributed by atoms with van der Waals surface area (Å²) in [4.78, 5) is 34.6. The number of ether oxygens (including phenoxy) is 2. The van der Waals surface area contributed by atoms with Gasteiger partial charge in [0.1, 0.15) is 12.6 Å². The second kappa shape index (κ2) is 8.61. The standard InChI is InChI=1S/C16H19NO5/c1-11(12(2)18)9-14(15(19)21-3)17-16(20)22-10-13-7-5-4-6-8-13/h4-8,14H,1,9-10H2,2-3H3,(H,17,20). The fraction of sp³-hybridized carbons (Fsp3) is 0.312. The molecule has 6 heteroatoms. The van der Waals surface area contributed by atoms with Crippen LogP contribution in [0.2, 0.25) is 0 Å². The Kier molecular flexibility index (Phi) is 6.82. The Morgan fingerprint density at radius 1 is 1.23 bits per heavy atom. The number of carbonyl (C=O) groups is 3. The smallest absolute Gasteiger partial charge is 0.408 e. The molecule has 0 aromatic heterocycles. The lowest BCUT2D eigenvalue weighted by molar-refractivity contribution is -0.143. The van der Waals surface area contributed by atoms with Gasteiger partial charge in [0.05, 0.1) is 7.11 Å². The number of methoxy groups -OCH3 is 1. The molecule has 0 radical (unpaired) electrons. The van der Waals surface area contributed by atoms with Crippen LogP contribution in [0.25, 0.3) is 0 Å². The molecule has 0 heterocycles. The van der Waals surface area contributed by atoms with E-state index in [1.54, 1.807) is 0 Å². The zero-order chi connectivity index (χ0) is 16.5. The normalized spacial score (nSPS) is 11.2. The third-order valence-electron chi connectivity index (χ3n) is 2.94. The van der Waals surface area contributed by atoms with Gasteiger partial charge in [-0.15, -0.1) is 0 Å². The van der Waals surface area contributed by atoms with E-state index in [2.05, 4.69) is 16.6 Å². The molecule has 0 saturated heterocycles. The maximum atomic E-state index is 11.7. The quantitative estimate of drug-likeness (QED) is 0.615. The van der Waals surface area contributed by atoms with Crippen molar-refractivity contribution >= 4 is 17.8 Å². The first kappa shape index (κ1) is 17.4. The maximum Gasteiger partial charge on any atom is 0.408 e. The zero-order valence-corrected chi connectivity index (χ0v) is 12.6. The van der Waals surface area contributed by atoms with Crippen LogP contribution in [-0.2, 0) is 25.7 Å². The molecule has 0 aliphatic rings. The highest BCUT2D eigenvalue weighted by Gasteiger charge is 2.24. The Bertz CT molecular complexity index is 553. The number of hydrogen-bond donors (Lipinski definition) is 1. The van der Waals surface area contributed by atoms with Crippen LogP contribution < -0.4 is 5.32 Å². The number of alkyl carbamates (subject to hydrolysis) is 1. The van der Waals surface area contributed by atoms with Crippen LogP contribution in [0.3, 0.4) is 0 Å².